The van der Waals surface area contributed by atoms with Gasteiger partial charge < -0.3 is 24.3 Å². The van der Waals surface area contributed by atoms with E-state index in [-0.39, 0.29) is 12.5 Å². The van der Waals surface area contributed by atoms with Gasteiger partial charge in [-0.15, -0.1) is 0 Å². The van der Waals surface area contributed by atoms with Crippen molar-refractivity contribution in [3.05, 3.63) is 47.9 Å². The quantitative estimate of drug-likeness (QED) is 0.852. The third-order valence-corrected chi connectivity index (χ3v) is 3.29. The molecule has 0 aliphatic heterocycles. The molecule has 1 amide bonds. The number of carbonyl (C=O) groups is 1. The van der Waals surface area contributed by atoms with Crippen molar-refractivity contribution in [1.29, 1.82) is 0 Å². The smallest absolute Gasteiger partial charge is 0.251 e. The maximum atomic E-state index is 12.2. The van der Waals surface area contributed by atoms with Crippen LogP contribution in [0.3, 0.4) is 0 Å². The standard InChI is InChI=1S/C16H19NO5/c1-16(19,14-5-4-8-22-14)10-17-15(18)11-6-7-12(20-2)13(9-11)21-3/h4-9,19H,10H2,1-3H3,(H,17,18). The van der Waals surface area contributed by atoms with Gasteiger partial charge in [-0.05, 0) is 37.3 Å². The Morgan fingerprint density at radius 1 is 1.27 bits per heavy atom. The molecule has 118 valence electrons. The summed E-state index contributed by atoms with van der Waals surface area (Å²) in [7, 11) is 3.03. The lowest BCUT2D eigenvalue weighted by atomic mass is 10.0. The Balaban J connectivity index is 2.06. The van der Waals surface area contributed by atoms with E-state index in [2.05, 4.69) is 5.32 Å². The van der Waals surface area contributed by atoms with Crippen LogP contribution in [0.1, 0.15) is 23.0 Å². The number of nitrogens with one attached hydrogen (secondary N) is 1. The summed E-state index contributed by atoms with van der Waals surface area (Å²) >= 11 is 0. The number of benzene rings is 1. The highest BCUT2D eigenvalue weighted by atomic mass is 16.5. The van der Waals surface area contributed by atoms with E-state index in [0.717, 1.165) is 0 Å². The average molecular weight is 305 g/mol. The summed E-state index contributed by atoms with van der Waals surface area (Å²) in [6.07, 6.45) is 1.47. The van der Waals surface area contributed by atoms with Gasteiger partial charge in [0.15, 0.2) is 11.5 Å². The summed E-state index contributed by atoms with van der Waals surface area (Å²) < 4.78 is 15.5. The third kappa shape index (κ3) is 3.40. The topological polar surface area (TPSA) is 80.9 Å². The minimum atomic E-state index is -1.28. The molecule has 0 fully saturated rings. The SMILES string of the molecule is COc1ccc(C(=O)NCC(C)(O)c2ccco2)cc1OC. The van der Waals surface area contributed by atoms with E-state index in [9.17, 15) is 9.90 Å². The largest absolute Gasteiger partial charge is 0.493 e. The minimum Gasteiger partial charge on any atom is -0.493 e. The summed E-state index contributed by atoms with van der Waals surface area (Å²) in [5, 5.41) is 13.0. The Bertz CT molecular complexity index is 634. The summed E-state index contributed by atoms with van der Waals surface area (Å²) in [4.78, 5) is 12.2. The van der Waals surface area contributed by atoms with Crippen molar-refractivity contribution in [1.82, 2.24) is 5.32 Å². The lowest BCUT2D eigenvalue weighted by molar-refractivity contribution is 0.0330. The van der Waals surface area contributed by atoms with Crippen LogP contribution in [-0.2, 0) is 5.60 Å². The van der Waals surface area contributed by atoms with Gasteiger partial charge in [-0.3, -0.25) is 4.79 Å². The lowest BCUT2D eigenvalue weighted by Crippen LogP contribution is -2.38. The number of methoxy groups -OCH3 is 2. The highest BCUT2D eigenvalue weighted by Gasteiger charge is 2.27. The number of rotatable bonds is 6. The highest BCUT2D eigenvalue weighted by molar-refractivity contribution is 5.94. The fraction of sp³-hybridized carbons (Fsp3) is 0.312. The van der Waals surface area contributed by atoms with Gasteiger partial charge in [-0.2, -0.15) is 0 Å². The molecule has 2 aromatic rings. The van der Waals surface area contributed by atoms with Crippen molar-refractivity contribution in [3.63, 3.8) is 0 Å². The second-order valence-corrected chi connectivity index (χ2v) is 5.00. The van der Waals surface area contributed by atoms with Crippen molar-refractivity contribution in [2.24, 2.45) is 0 Å². The number of amides is 1. The number of hydrogen-bond donors (Lipinski definition) is 2. The fourth-order valence-electron chi connectivity index (χ4n) is 2.00. The molecular formula is C16H19NO5. The third-order valence-electron chi connectivity index (χ3n) is 3.29. The molecule has 1 aromatic heterocycles. The van der Waals surface area contributed by atoms with E-state index in [1.807, 2.05) is 0 Å². The molecule has 22 heavy (non-hydrogen) atoms. The predicted octanol–water partition coefficient (Wildman–Crippen LogP) is 1.93. The van der Waals surface area contributed by atoms with Crippen LogP contribution in [0.2, 0.25) is 0 Å². The van der Waals surface area contributed by atoms with Crippen molar-refractivity contribution in [2.75, 3.05) is 20.8 Å². The Labute approximate surface area is 128 Å². The van der Waals surface area contributed by atoms with E-state index in [4.69, 9.17) is 13.9 Å². The van der Waals surface area contributed by atoms with Crippen molar-refractivity contribution in [2.45, 2.75) is 12.5 Å². The van der Waals surface area contributed by atoms with Crippen LogP contribution >= 0.6 is 0 Å². The van der Waals surface area contributed by atoms with Gasteiger partial charge in [0.25, 0.3) is 5.91 Å². The zero-order valence-corrected chi connectivity index (χ0v) is 12.8. The van der Waals surface area contributed by atoms with E-state index in [0.29, 0.717) is 22.8 Å². The van der Waals surface area contributed by atoms with Crippen LogP contribution in [0, 0.1) is 0 Å². The molecule has 0 spiro atoms. The predicted molar refractivity (Wildman–Crippen MR) is 80.2 cm³/mol. The average Bonchev–Trinajstić information content (AvgIpc) is 3.07. The van der Waals surface area contributed by atoms with E-state index < -0.39 is 5.60 Å². The van der Waals surface area contributed by atoms with E-state index in [1.54, 1.807) is 37.3 Å². The van der Waals surface area contributed by atoms with Crippen LogP contribution in [0.25, 0.3) is 0 Å². The monoisotopic (exact) mass is 305 g/mol. The first-order valence-corrected chi connectivity index (χ1v) is 6.74. The molecule has 2 rings (SSSR count). The first-order valence-electron chi connectivity index (χ1n) is 6.74. The molecule has 6 nitrogen and oxygen atoms in total. The van der Waals surface area contributed by atoms with Crippen LogP contribution in [0.5, 0.6) is 11.5 Å². The number of ether oxygens (including phenoxy) is 2. The molecule has 0 radical (unpaired) electrons. The van der Waals surface area contributed by atoms with E-state index >= 15 is 0 Å². The lowest BCUT2D eigenvalue weighted by Gasteiger charge is -2.21. The van der Waals surface area contributed by atoms with Gasteiger partial charge in [-0.25, -0.2) is 0 Å². The molecule has 0 aliphatic carbocycles. The summed E-state index contributed by atoms with van der Waals surface area (Å²) in [5.41, 5.74) is -0.872. The van der Waals surface area contributed by atoms with Gasteiger partial charge in [0, 0.05) is 5.56 Å². The van der Waals surface area contributed by atoms with Crippen LogP contribution in [0.15, 0.2) is 41.0 Å². The first-order chi connectivity index (χ1) is 10.5. The molecule has 1 heterocycles. The van der Waals surface area contributed by atoms with Crippen LogP contribution in [0.4, 0.5) is 0 Å². The second-order valence-electron chi connectivity index (χ2n) is 5.00. The molecule has 6 heteroatoms. The Hall–Kier alpha value is -2.47. The first kappa shape index (κ1) is 15.9. The van der Waals surface area contributed by atoms with Gasteiger partial charge in [0.2, 0.25) is 0 Å². The van der Waals surface area contributed by atoms with Gasteiger partial charge in [0.05, 0.1) is 27.0 Å². The Morgan fingerprint density at radius 3 is 2.59 bits per heavy atom. The van der Waals surface area contributed by atoms with Crippen molar-refractivity contribution in [3.8, 4) is 11.5 Å². The molecule has 0 saturated heterocycles. The second kappa shape index (κ2) is 6.53. The molecule has 0 aliphatic rings. The number of hydrogen-bond acceptors (Lipinski definition) is 5. The molecule has 2 N–H and O–H groups in total. The molecule has 0 bridgehead atoms. The highest BCUT2D eigenvalue weighted by Crippen LogP contribution is 2.27. The molecule has 1 unspecified atom stereocenters. The zero-order chi connectivity index (χ0) is 16.2. The van der Waals surface area contributed by atoms with Gasteiger partial charge in [0.1, 0.15) is 11.4 Å². The normalized spacial score (nSPS) is 13.3. The number of aliphatic hydroxyl groups is 1. The maximum absolute atomic E-state index is 12.2. The number of carbonyl (C=O) groups excluding carboxylic acids is 1. The maximum Gasteiger partial charge on any atom is 0.251 e. The van der Waals surface area contributed by atoms with Crippen molar-refractivity contribution >= 4 is 5.91 Å². The molecular weight excluding hydrogens is 286 g/mol. The fourth-order valence-corrected chi connectivity index (χ4v) is 2.00. The molecule has 0 saturated carbocycles. The Kier molecular flexibility index (Phi) is 4.72. The molecule has 1 aromatic carbocycles. The van der Waals surface area contributed by atoms with Crippen molar-refractivity contribution < 1.29 is 23.8 Å². The van der Waals surface area contributed by atoms with Crippen LogP contribution < -0.4 is 14.8 Å². The van der Waals surface area contributed by atoms with Crippen LogP contribution in [-0.4, -0.2) is 31.8 Å². The van der Waals surface area contributed by atoms with Gasteiger partial charge in [-0.1, -0.05) is 0 Å². The summed E-state index contributed by atoms with van der Waals surface area (Å²) in [6.45, 7) is 1.59. The zero-order valence-electron chi connectivity index (χ0n) is 12.8. The summed E-state index contributed by atoms with van der Waals surface area (Å²) in [5.74, 6) is 1.07. The molecule has 1 atom stereocenters. The van der Waals surface area contributed by atoms with Gasteiger partial charge >= 0.3 is 0 Å². The number of furan rings is 1. The summed E-state index contributed by atoms with van der Waals surface area (Å²) in [6, 6.07) is 8.19. The van der Waals surface area contributed by atoms with E-state index in [1.165, 1.54) is 20.5 Å². The Morgan fingerprint density at radius 2 is 2.00 bits per heavy atom. The minimum absolute atomic E-state index is 0.0215.